The van der Waals surface area contributed by atoms with Gasteiger partial charge in [0.25, 0.3) is 0 Å². The van der Waals surface area contributed by atoms with Crippen LogP contribution in [0.15, 0.2) is 0 Å². The van der Waals surface area contributed by atoms with E-state index in [0.29, 0.717) is 13.0 Å². The van der Waals surface area contributed by atoms with Crippen LogP contribution >= 0.6 is 0 Å². The second-order valence-electron chi connectivity index (χ2n) is 5.34. The molecule has 0 aromatic carbocycles. The highest BCUT2D eigenvalue weighted by Crippen LogP contribution is 2.23. The van der Waals surface area contributed by atoms with E-state index in [1.165, 1.54) is 0 Å². The molecule has 0 saturated carbocycles. The Balaban J connectivity index is 2.89. The first-order valence-electron chi connectivity index (χ1n) is 7.56. The molecule has 21 heavy (non-hydrogen) atoms. The molecule has 0 bridgehead atoms. The first kappa shape index (κ1) is 17.2. The predicted molar refractivity (Wildman–Crippen MR) is 86.8 cm³/mol. The maximum Gasteiger partial charge on any atom is 0.221 e. The Morgan fingerprint density at radius 1 is 1.14 bits per heavy atom. The highest BCUT2D eigenvalue weighted by atomic mass is 16.1. The van der Waals surface area contributed by atoms with Gasteiger partial charge in [-0.05, 0) is 13.3 Å². The monoisotopic (exact) mass is 293 g/mol. The Bertz CT molecular complexity index is 473. The Morgan fingerprint density at radius 3 is 2.19 bits per heavy atom. The van der Waals surface area contributed by atoms with E-state index < -0.39 is 0 Å². The van der Waals surface area contributed by atoms with Crippen LogP contribution in [-0.4, -0.2) is 36.0 Å². The number of nitrogens with zero attached hydrogens (tertiary/aromatic N) is 2. The van der Waals surface area contributed by atoms with Crippen molar-refractivity contribution in [2.75, 3.05) is 30.8 Å². The second kappa shape index (κ2) is 8.44. The van der Waals surface area contributed by atoms with Gasteiger partial charge in [-0.15, -0.1) is 0 Å². The molecule has 1 aromatic rings. The summed E-state index contributed by atoms with van der Waals surface area (Å²) in [7, 11) is 1.64. The van der Waals surface area contributed by atoms with Crippen molar-refractivity contribution in [1.82, 2.24) is 15.3 Å². The molecule has 0 saturated heterocycles. The lowest BCUT2D eigenvalue weighted by molar-refractivity contribution is -0.120. The molecule has 1 rings (SSSR count). The lowest BCUT2D eigenvalue weighted by Crippen LogP contribution is -2.21. The fraction of sp³-hybridized carbons (Fsp3) is 0.667. The van der Waals surface area contributed by atoms with Crippen LogP contribution in [0, 0.1) is 6.92 Å². The van der Waals surface area contributed by atoms with E-state index in [2.05, 4.69) is 46.7 Å². The molecule has 0 aliphatic carbocycles. The maximum atomic E-state index is 11.3. The van der Waals surface area contributed by atoms with E-state index in [-0.39, 0.29) is 11.8 Å². The van der Waals surface area contributed by atoms with E-state index in [0.717, 1.165) is 36.0 Å². The largest absolute Gasteiger partial charge is 0.370 e. The number of anilines is 2. The molecule has 6 heteroatoms. The van der Waals surface area contributed by atoms with Gasteiger partial charge in [-0.25, -0.2) is 9.97 Å². The van der Waals surface area contributed by atoms with Crippen molar-refractivity contribution in [3.63, 3.8) is 0 Å². The van der Waals surface area contributed by atoms with Gasteiger partial charge in [0, 0.05) is 38.0 Å². The summed E-state index contributed by atoms with van der Waals surface area (Å²) < 4.78 is 0. The van der Waals surface area contributed by atoms with E-state index in [1.807, 2.05) is 6.92 Å². The van der Waals surface area contributed by atoms with Crippen molar-refractivity contribution in [3.05, 3.63) is 11.4 Å². The van der Waals surface area contributed by atoms with E-state index in [1.54, 1.807) is 7.05 Å². The van der Waals surface area contributed by atoms with Crippen molar-refractivity contribution in [1.29, 1.82) is 0 Å². The maximum absolute atomic E-state index is 11.3. The van der Waals surface area contributed by atoms with Gasteiger partial charge in [-0.1, -0.05) is 20.8 Å². The van der Waals surface area contributed by atoms with Gasteiger partial charge in [0.1, 0.15) is 17.5 Å². The molecule has 0 fully saturated rings. The molecule has 0 aliphatic rings. The van der Waals surface area contributed by atoms with Crippen LogP contribution in [0.4, 0.5) is 11.6 Å². The Kier molecular flexibility index (Phi) is 6.91. The van der Waals surface area contributed by atoms with Crippen molar-refractivity contribution >= 4 is 17.5 Å². The topological polar surface area (TPSA) is 78.9 Å². The number of nitrogens with one attached hydrogen (secondary N) is 3. The van der Waals surface area contributed by atoms with E-state index in [9.17, 15) is 4.79 Å². The molecule has 118 valence electrons. The minimum atomic E-state index is 0.0163. The minimum Gasteiger partial charge on any atom is -0.370 e. The summed E-state index contributed by atoms with van der Waals surface area (Å²) in [6.45, 7) is 9.69. The molecule has 0 radical (unpaired) electrons. The number of amides is 1. The molecule has 0 atom stereocenters. The van der Waals surface area contributed by atoms with Crippen molar-refractivity contribution < 1.29 is 4.79 Å². The summed E-state index contributed by atoms with van der Waals surface area (Å²) in [4.78, 5) is 20.4. The van der Waals surface area contributed by atoms with Gasteiger partial charge in [0.05, 0.1) is 0 Å². The number of carbonyl (C=O) groups is 1. The molecule has 0 aliphatic heterocycles. The highest BCUT2D eigenvalue weighted by molar-refractivity contribution is 5.76. The highest BCUT2D eigenvalue weighted by Gasteiger charge is 2.13. The molecular formula is C15H27N5O. The zero-order valence-corrected chi connectivity index (χ0v) is 13.7. The van der Waals surface area contributed by atoms with E-state index >= 15 is 0 Å². The van der Waals surface area contributed by atoms with Gasteiger partial charge in [-0.2, -0.15) is 0 Å². The average molecular weight is 293 g/mol. The Hall–Kier alpha value is -1.85. The zero-order chi connectivity index (χ0) is 15.8. The van der Waals surface area contributed by atoms with Crippen LogP contribution in [0.3, 0.4) is 0 Å². The minimum absolute atomic E-state index is 0.0163. The summed E-state index contributed by atoms with van der Waals surface area (Å²) in [5, 5.41) is 9.19. The molecule has 1 amide bonds. The normalized spacial score (nSPS) is 10.6. The van der Waals surface area contributed by atoms with Gasteiger partial charge < -0.3 is 16.0 Å². The SMILES string of the molecule is CCCNc1nc(C(C)C)nc(NCCC(=O)NC)c1C. The zero-order valence-electron chi connectivity index (χ0n) is 13.7. The van der Waals surface area contributed by atoms with Crippen LogP contribution in [0.1, 0.15) is 50.9 Å². The van der Waals surface area contributed by atoms with Crippen molar-refractivity contribution in [2.45, 2.75) is 46.5 Å². The second-order valence-corrected chi connectivity index (χ2v) is 5.34. The first-order chi connectivity index (χ1) is 9.99. The molecule has 1 heterocycles. The van der Waals surface area contributed by atoms with Crippen molar-refractivity contribution in [3.8, 4) is 0 Å². The fourth-order valence-electron chi connectivity index (χ4n) is 1.80. The number of carbonyl (C=O) groups excluding carboxylic acids is 1. The summed E-state index contributed by atoms with van der Waals surface area (Å²) in [6.07, 6.45) is 1.47. The molecule has 1 aromatic heterocycles. The summed E-state index contributed by atoms with van der Waals surface area (Å²) in [6, 6.07) is 0. The Labute approximate surface area is 127 Å². The molecule has 0 spiro atoms. The lowest BCUT2D eigenvalue weighted by Gasteiger charge is -2.16. The smallest absolute Gasteiger partial charge is 0.221 e. The van der Waals surface area contributed by atoms with E-state index in [4.69, 9.17) is 0 Å². The third kappa shape index (κ3) is 5.21. The summed E-state index contributed by atoms with van der Waals surface area (Å²) in [5.41, 5.74) is 0.991. The van der Waals surface area contributed by atoms with Gasteiger partial charge in [0.2, 0.25) is 5.91 Å². The van der Waals surface area contributed by atoms with Crippen LogP contribution in [-0.2, 0) is 4.79 Å². The number of hydrogen-bond acceptors (Lipinski definition) is 5. The quantitative estimate of drug-likeness (QED) is 0.685. The standard InChI is InChI=1S/C15H27N5O/c1-6-8-17-14-11(4)15(18-9-7-12(21)16-5)20-13(19-14)10(2)3/h10H,6-9H2,1-5H3,(H,16,21)(H2,17,18,19,20). The lowest BCUT2D eigenvalue weighted by atomic mass is 10.2. The van der Waals surface area contributed by atoms with Gasteiger partial charge in [0.15, 0.2) is 0 Å². The van der Waals surface area contributed by atoms with Gasteiger partial charge >= 0.3 is 0 Å². The van der Waals surface area contributed by atoms with Crippen molar-refractivity contribution in [2.24, 2.45) is 0 Å². The average Bonchev–Trinajstić information content (AvgIpc) is 2.47. The van der Waals surface area contributed by atoms with Crippen LogP contribution in [0.2, 0.25) is 0 Å². The van der Waals surface area contributed by atoms with Crippen LogP contribution in [0.5, 0.6) is 0 Å². The number of rotatable bonds is 8. The number of aromatic nitrogens is 2. The Morgan fingerprint density at radius 2 is 1.71 bits per heavy atom. The molecule has 6 nitrogen and oxygen atoms in total. The third-order valence-corrected chi connectivity index (χ3v) is 3.15. The molecule has 3 N–H and O–H groups in total. The summed E-state index contributed by atoms with van der Waals surface area (Å²) >= 11 is 0. The number of hydrogen-bond donors (Lipinski definition) is 3. The fourth-order valence-corrected chi connectivity index (χ4v) is 1.80. The molecule has 0 unspecified atom stereocenters. The van der Waals surface area contributed by atoms with Gasteiger partial charge in [-0.3, -0.25) is 4.79 Å². The van der Waals surface area contributed by atoms with Crippen LogP contribution in [0.25, 0.3) is 0 Å². The molecular weight excluding hydrogens is 266 g/mol. The predicted octanol–water partition coefficient (Wildman–Crippen LogP) is 2.28. The third-order valence-electron chi connectivity index (χ3n) is 3.15. The summed E-state index contributed by atoms with van der Waals surface area (Å²) in [5.74, 6) is 2.76. The first-order valence-corrected chi connectivity index (χ1v) is 7.56. The van der Waals surface area contributed by atoms with Crippen LogP contribution < -0.4 is 16.0 Å².